The summed E-state index contributed by atoms with van der Waals surface area (Å²) in [6.07, 6.45) is 5.54. The van der Waals surface area contributed by atoms with Gasteiger partial charge in [-0.3, -0.25) is 4.68 Å². The number of likely N-dealkylation sites (tertiary alicyclic amines) is 1. The van der Waals surface area contributed by atoms with Crippen molar-refractivity contribution in [3.05, 3.63) is 53.6 Å². The number of rotatable bonds is 4. The molecule has 0 radical (unpaired) electrons. The normalized spacial score (nSPS) is 18.5. The van der Waals surface area contributed by atoms with E-state index < -0.39 is 6.10 Å². The number of hydrogen-bond acceptors (Lipinski definition) is 3. The Morgan fingerprint density at radius 1 is 1.36 bits per heavy atom. The van der Waals surface area contributed by atoms with Crippen molar-refractivity contribution in [2.24, 2.45) is 7.05 Å². The molecule has 1 unspecified atom stereocenters. The van der Waals surface area contributed by atoms with Crippen LogP contribution in [-0.2, 0) is 7.05 Å². The zero-order chi connectivity index (χ0) is 15.5. The first kappa shape index (κ1) is 15.2. The summed E-state index contributed by atoms with van der Waals surface area (Å²) in [4.78, 5) is 2.25. The first-order valence-corrected chi connectivity index (χ1v) is 7.76. The predicted octanol–water partition coefficient (Wildman–Crippen LogP) is 2.47. The van der Waals surface area contributed by atoms with Gasteiger partial charge in [0.25, 0.3) is 0 Å². The number of aliphatic hydroxyl groups excluding tert-OH is 1. The molecular weight excluding hydrogens is 281 g/mol. The number of halogens is 1. The quantitative estimate of drug-likeness (QED) is 0.943. The molecule has 0 amide bonds. The summed E-state index contributed by atoms with van der Waals surface area (Å²) in [5, 5.41) is 14.5. The van der Waals surface area contributed by atoms with E-state index in [4.69, 9.17) is 0 Å². The topological polar surface area (TPSA) is 41.3 Å². The third kappa shape index (κ3) is 3.54. The van der Waals surface area contributed by atoms with E-state index in [0.29, 0.717) is 18.0 Å². The average Bonchev–Trinajstić information content (AvgIpc) is 2.94. The number of benzene rings is 1. The highest BCUT2D eigenvalue weighted by Crippen LogP contribution is 2.28. The Hall–Kier alpha value is -1.72. The zero-order valence-electron chi connectivity index (χ0n) is 12.8. The molecule has 4 nitrogen and oxygen atoms in total. The molecule has 1 aliphatic heterocycles. The van der Waals surface area contributed by atoms with Gasteiger partial charge >= 0.3 is 0 Å². The third-order valence-corrected chi connectivity index (χ3v) is 4.45. The third-order valence-electron chi connectivity index (χ3n) is 4.45. The van der Waals surface area contributed by atoms with Crippen LogP contribution < -0.4 is 0 Å². The van der Waals surface area contributed by atoms with Gasteiger partial charge in [-0.25, -0.2) is 4.39 Å². The number of aromatic nitrogens is 2. The molecule has 2 aromatic rings. The molecule has 5 heteroatoms. The molecule has 1 saturated heterocycles. The highest BCUT2D eigenvalue weighted by Gasteiger charge is 2.23. The molecule has 0 saturated carbocycles. The van der Waals surface area contributed by atoms with Gasteiger partial charge in [-0.2, -0.15) is 5.10 Å². The maximum atomic E-state index is 13.2. The Balaban J connectivity index is 1.53. The molecule has 22 heavy (non-hydrogen) atoms. The Morgan fingerprint density at radius 2 is 2.14 bits per heavy atom. The number of nitrogens with zero attached hydrogens (tertiary/aromatic N) is 3. The smallest absolute Gasteiger partial charge is 0.123 e. The molecule has 0 spiro atoms. The Kier molecular flexibility index (Phi) is 4.55. The fourth-order valence-corrected chi connectivity index (χ4v) is 3.16. The first-order valence-electron chi connectivity index (χ1n) is 7.76. The van der Waals surface area contributed by atoms with Gasteiger partial charge in [-0.15, -0.1) is 0 Å². The van der Waals surface area contributed by atoms with Gasteiger partial charge in [0.1, 0.15) is 5.82 Å². The van der Waals surface area contributed by atoms with Crippen molar-refractivity contribution in [2.45, 2.75) is 24.9 Å². The standard InChI is InChI=1S/C17H22FN3O/c1-20-11-15(10-19-20)13-5-7-21(8-6-13)12-17(22)14-3-2-4-16(18)9-14/h2-4,9-11,13,17,22H,5-8,12H2,1H3. The van der Waals surface area contributed by atoms with Gasteiger partial charge in [0.05, 0.1) is 12.3 Å². The van der Waals surface area contributed by atoms with Crippen LogP contribution in [0.2, 0.25) is 0 Å². The van der Waals surface area contributed by atoms with Crippen molar-refractivity contribution < 1.29 is 9.50 Å². The van der Waals surface area contributed by atoms with E-state index in [1.54, 1.807) is 12.1 Å². The van der Waals surface area contributed by atoms with E-state index in [2.05, 4.69) is 16.2 Å². The van der Waals surface area contributed by atoms with Crippen molar-refractivity contribution in [1.82, 2.24) is 14.7 Å². The van der Waals surface area contributed by atoms with Crippen LogP contribution in [0.4, 0.5) is 4.39 Å². The number of aryl methyl sites for hydroxylation is 1. The molecule has 118 valence electrons. The molecule has 1 atom stereocenters. The van der Waals surface area contributed by atoms with Crippen LogP contribution in [0.25, 0.3) is 0 Å². The molecule has 1 fully saturated rings. The average molecular weight is 303 g/mol. The van der Waals surface area contributed by atoms with Crippen LogP contribution in [0.5, 0.6) is 0 Å². The molecule has 1 aromatic heterocycles. The van der Waals surface area contributed by atoms with Crippen molar-refractivity contribution in [2.75, 3.05) is 19.6 Å². The molecule has 1 aromatic carbocycles. The van der Waals surface area contributed by atoms with E-state index in [1.165, 1.54) is 17.7 Å². The fourth-order valence-electron chi connectivity index (χ4n) is 3.16. The van der Waals surface area contributed by atoms with Crippen LogP contribution in [0.1, 0.15) is 36.0 Å². The van der Waals surface area contributed by atoms with Gasteiger partial charge in [0.15, 0.2) is 0 Å². The fraction of sp³-hybridized carbons (Fsp3) is 0.471. The summed E-state index contributed by atoms with van der Waals surface area (Å²) in [5.74, 6) is 0.253. The number of aliphatic hydroxyl groups is 1. The van der Waals surface area contributed by atoms with Gasteiger partial charge in [0, 0.05) is 19.8 Å². The number of β-amino-alcohol motifs (C(OH)–C–C–N with tert-alkyl or cyclic N) is 1. The monoisotopic (exact) mass is 303 g/mol. The highest BCUT2D eigenvalue weighted by molar-refractivity contribution is 5.19. The molecule has 0 aliphatic carbocycles. The van der Waals surface area contributed by atoms with Gasteiger partial charge < -0.3 is 10.0 Å². The minimum Gasteiger partial charge on any atom is -0.387 e. The number of hydrogen-bond donors (Lipinski definition) is 1. The van der Waals surface area contributed by atoms with Crippen molar-refractivity contribution in [1.29, 1.82) is 0 Å². The van der Waals surface area contributed by atoms with Crippen LogP contribution >= 0.6 is 0 Å². The molecule has 3 rings (SSSR count). The van der Waals surface area contributed by atoms with Gasteiger partial charge in [0.2, 0.25) is 0 Å². The van der Waals surface area contributed by atoms with Crippen LogP contribution in [-0.4, -0.2) is 39.4 Å². The second-order valence-corrected chi connectivity index (χ2v) is 6.09. The van der Waals surface area contributed by atoms with Crippen LogP contribution in [0.3, 0.4) is 0 Å². The summed E-state index contributed by atoms with van der Waals surface area (Å²) in [7, 11) is 1.94. The Bertz CT molecular complexity index is 620. The molecule has 1 aliphatic rings. The van der Waals surface area contributed by atoms with E-state index in [1.807, 2.05) is 17.9 Å². The second-order valence-electron chi connectivity index (χ2n) is 6.09. The Labute approximate surface area is 130 Å². The minimum absolute atomic E-state index is 0.299. The van der Waals surface area contributed by atoms with Crippen molar-refractivity contribution in [3.63, 3.8) is 0 Å². The minimum atomic E-state index is -0.634. The SMILES string of the molecule is Cn1cc(C2CCN(CC(O)c3cccc(F)c3)CC2)cn1. The molecule has 1 N–H and O–H groups in total. The summed E-state index contributed by atoms with van der Waals surface area (Å²) in [6.45, 7) is 2.46. The van der Waals surface area contributed by atoms with Crippen molar-refractivity contribution >= 4 is 0 Å². The summed E-state index contributed by atoms with van der Waals surface area (Å²) in [6, 6.07) is 6.22. The zero-order valence-corrected chi connectivity index (χ0v) is 12.8. The maximum absolute atomic E-state index is 13.2. The van der Waals surface area contributed by atoms with Crippen molar-refractivity contribution in [3.8, 4) is 0 Å². The summed E-state index contributed by atoms with van der Waals surface area (Å²) in [5.41, 5.74) is 1.95. The summed E-state index contributed by atoms with van der Waals surface area (Å²) >= 11 is 0. The van der Waals surface area contributed by atoms with Crippen LogP contribution in [0, 0.1) is 5.82 Å². The molecule has 0 bridgehead atoms. The highest BCUT2D eigenvalue weighted by atomic mass is 19.1. The second kappa shape index (κ2) is 6.58. The lowest BCUT2D eigenvalue weighted by Crippen LogP contribution is -2.36. The summed E-state index contributed by atoms with van der Waals surface area (Å²) < 4.78 is 15.1. The predicted molar refractivity (Wildman–Crippen MR) is 83.0 cm³/mol. The molecule has 2 heterocycles. The first-order chi connectivity index (χ1) is 10.6. The van der Waals surface area contributed by atoms with E-state index in [0.717, 1.165) is 25.9 Å². The number of piperidine rings is 1. The van der Waals surface area contributed by atoms with E-state index in [-0.39, 0.29) is 5.82 Å². The van der Waals surface area contributed by atoms with E-state index >= 15 is 0 Å². The molecular formula is C17H22FN3O. The van der Waals surface area contributed by atoms with Crippen LogP contribution in [0.15, 0.2) is 36.7 Å². The lowest BCUT2D eigenvalue weighted by atomic mass is 9.91. The lowest BCUT2D eigenvalue weighted by molar-refractivity contribution is 0.0970. The van der Waals surface area contributed by atoms with Gasteiger partial charge in [-0.05, 0) is 55.1 Å². The maximum Gasteiger partial charge on any atom is 0.123 e. The van der Waals surface area contributed by atoms with Gasteiger partial charge in [-0.1, -0.05) is 12.1 Å². The largest absolute Gasteiger partial charge is 0.387 e. The van der Waals surface area contributed by atoms with E-state index in [9.17, 15) is 9.50 Å². The lowest BCUT2D eigenvalue weighted by Gasteiger charge is -2.32. The Morgan fingerprint density at radius 3 is 2.77 bits per heavy atom.